The normalized spacial score (nSPS) is 11.8. The van der Waals surface area contributed by atoms with E-state index in [0.29, 0.717) is 32.7 Å². The third-order valence-corrected chi connectivity index (χ3v) is 6.59. The summed E-state index contributed by atoms with van der Waals surface area (Å²) in [5, 5.41) is 6.24. The van der Waals surface area contributed by atoms with Gasteiger partial charge in [-0.25, -0.2) is 4.79 Å². The van der Waals surface area contributed by atoms with Gasteiger partial charge in [-0.2, -0.15) is 5.10 Å². The molecule has 0 saturated heterocycles. The minimum atomic E-state index is -0.521. The topological polar surface area (TPSA) is 83.2 Å². The van der Waals surface area contributed by atoms with Crippen molar-refractivity contribution in [3.05, 3.63) is 87.1 Å². The number of ketones is 1. The molecule has 2 heterocycles. The van der Waals surface area contributed by atoms with E-state index >= 15 is 0 Å². The lowest BCUT2D eigenvalue weighted by Gasteiger charge is -2.22. The molecule has 4 rings (SSSR count). The predicted octanol–water partition coefficient (Wildman–Crippen LogP) is 6.73. The molecule has 0 aliphatic carbocycles. The Bertz CT molecular complexity index is 1590. The fraction of sp³-hybridized carbons (Fsp3) is 0.355. The maximum Gasteiger partial charge on any atom is 0.356 e. The summed E-state index contributed by atoms with van der Waals surface area (Å²) in [7, 11) is 0. The third-order valence-electron chi connectivity index (χ3n) is 6.35. The number of esters is 1. The summed E-state index contributed by atoms with van der Waals surface area (Å²) in [5.74, 6) is -0.476. The van der Waals surface area contributed by atoms with Gasteiger partial charge in [-0.05, 0) is 61.9 Å². The zero-order valence-electron chi connectivity index (χ0n) is 23.2. The van der Waals surface area contributed by atoms with Crippen molar-refractivity contribution in [2.75, 3.05) is 6.61 Å². The van der Waals surface area contributed by atoms with Gasteiger partial charge in [-0.1, -0.05) is 62.7 Å². The van der Waals surface area contributed by atoms with Crippen LogP contribution in [0.25, 0.3) is 21.9 Å². The molecule has 2 aromatic carbocycles. The summed E-state index contributed by atoms with van der Waals surface area (Å²) in [6.45, 7) is 11.8. The highest BCUT2D eigenvalue weighted by Gasteiger charge is 2.27. The zero-order valence-corrected chi connectivity index (χ0v) is 24.0. The van der Waals surface area contributed by atoms with E-state index in [0.717, 1.165) is 5.56 Å². The van der Waals surface area contributed by atoms with Gasteiger partial charge in [0.2, 0.25) is 0 Å². The molecule has 0 N–H and O–H groups in total. The van der Waals surface area contributed by atoms with Gasteiger partial charge in [0, 0.05) is 22.4 Å². The van der Waals surface area contributed by atoms with Gasteiger partial charge in [0.05, 0.1) is 30.1 Å². The SMILES string of the molecule is CCC(=O)c1c(-c2ccccc2)c2cc(Cl)ccc2c(=O)n1Cc1cc(C(=O)OCC(C)C)n(C(C)(C)C)n1. The van der Waals surface area contributed by atoms with E-state index in [-0.39, 0.29) is 42.5 Å². The number of halogens is 1. The second-order valence-electron chi connectivity index (χ2n) is 11.0. The first-order valence-corrected chi connectivity index (χ1v) is 13.5. The van der Waals surface area contributed by atoms with Crippen LogP contribution in [0.3, 0.4) is 0 Å². The molecule has 0 atom stereocenters. The summed E-state index contributed by atoms with van der Waals surface area (Å²) in [6.07, 6.45) is 0.203. The molecule has 0 saturated carbocycles. The molecule has 0 amide bonds. The molecule has 0 aliphatic rings. The van der Waals surface area contributed by atoms with Gasteiger partial charge >= 0.3 is 5.97 Å². The summed E-state index contributed by atoms with van der Waals surface area (Å²) < 4.78 is 8.60. The Labute approximate surface area is 233 Å². The Morgan fingerprint density at radius 2 is 1.72 bits per heavy atom. The van der Waals surface area contributed by atoms with Crippen LogP contribution in [0.4, 0.5) is 0 Å². The molecule has 2 aromatic heterocycles. The van der Waals surface area contributed by atoms with Crippen molar-refractivity contribution >= 4 is 34.1 Å². The number of nitrogens with zero attached hydrogens (tertiary/aromatic N) is 3. The van der Waals surface area contributed by atoms with Crippen molar-refractivity contribution in [2.24, 2.45) is 5.92 Å². The molecule has 204 valence electrons. The average Bonchev–Trinajstić information content (AvgIpc) is 3.33. The van der Waals surface area contributed by atoms with Gasteiger partial charge in [0.15, 0.2) is 5.78 Å². The summed E-state index contributed by atoms with van der Waals surface area (Å²) in [5.41, 5.74) is 1.66. The first kappa shape index (κ1) is 28.3. The van der Waals surface area contributed by atoms with Crippen LogP contribution in [0, 0.1) is 5.92 Å². The third kappa shape index (κ3) is 5.83. The molecule has 7 nitrogen and oxygen atoms in total. The number of ether oxygens (including phenoxy) is 1. The molecular weight excluding hydrogens is 514 g/mol. The van der Waals surface area contributed by atoms with E-state index < -0.39 is 11.5 Å². The number of hydrogen-bond donors (Lipinski definition) is 0. The fourth-order valence-corrected chi connectivity index (χ4v) is 4.74. The Balaban J connectivity index is 1.97. The monoisotopic (exact) mass is 547 g/mol. The number of carbonyl (C=O) groups excluding carboxylic acids is 2. The molecule has 8 heteroatoms. The van der Waals surface area contributed by atoms with E-state index in [9.17, 15) is 14.4 Å². The predicted molar refractivity (Wildman–Crippen MR) is 155 cm³/mol. The number of benzene rings is 2. The maximum absolute atomic E-state index is 13.9. The Morgan fingerprint density at radius 1 is 1.03 bits per heavy atom. The van der Waals surface area contributed by atoms with Crippen LogP contribution in [0.15, 0.2) is 59.4 Å². The van der Waals surface area contributed by atoms with Crippen LogP contribution in [0.5, 0.6) is 0 Å². The Morgan fingerprint density at radius 3 is 2.33 bits per heavy atom. The van der Waals surface area contributed by atoms with Crippen LogP contribution in [0.2, 0.25) is 5.02 Å². The van der Waals surface area contributed by atoms with Crippen molar-refractivity contribution in [1.82, 2.24) is 14.3 Å². The van der Waals surface area contributed by atoms with Crippen LogP contribution < -0.4 is 5.56 Å². The number of aromatic nitrogens is 3. The largest absolute Gasteiger partial charge is 0.461 e. The van der Waals surface area contributed by atoms with Crippen molar-refractivity contribution < 1.29 is 14.3 Å². The standard InChI is InChI=1S/C31H34ClN3O4/c1-7-26(36)28-27(20-11-9-8-10-12-20)24-15-21(32)13-14-23(24)29(37)34(28)17-22-16-25(30(38)39-18-19(2)3)35(33-22)31(4,5)6/h8-16,19H,7,17-18H2,1-6H3. The number of carbonyl (C=O) groups is 2. The van der Waals surface area contributed by atoms with E-state index in [4.69, 9.17) is 21.4 Å². The summed E-state index contributed by atoms with van der Waals surface area (Å²) in [6, 6.07) is 16.2. The quantitative estimate of drug-likeness (QED) is 0.180. The first-order chi connectivity index (χ1) is 18.4. The minimum absolute atomic E-state index is 0.00580. The minimum Gasteiger partial charge on any atom is -0.461 e. The van der Waals surface area contributed by atoms with Crippen molar-refractivity contribution in [3.8, 4) is 11.1 Å². The number of rotatable bonds is 8. The van der Waals surface area contributed by atoms with Gasteiger partial charge in [-0.3, -0.25) is 18.8 Å². The lowest BCUT2D eigenvalue weighted by molar-refractivity contribution is 0.0436. The lowest BCUT2D eigenvalue weighted by Crippen LogP contribution is -2.29. The van der Waals surface area contributed by atoms with Gasteiger partial charge in [-0.15, -0.1) is 0 Å². The molecule has 0 aliphatic heterocycles. The number of pyridine rings is 1. The van der Waals surface area contributed by atoms with Crippen molar-refractivity contribution in [3.63, 3.8) is 0 Å². The van der Waals surface area contributed by atoms with E-state index in [1.54, 1.807) is 35.9 Å². The average molecular weight is 548 g/mol. The van der Waals surface area contributed by atoms with Gasteiger partial charge in [0.1, 0.15) is 5.69 Å². The van der Waals surface area contributed by atoms with E-state index in [1.807, 2.05) is 65.0 Å². The number of fused-ring (bicyclic) bond motifs is 1. The van der Waals surface area contributed by atoms with E-state index in [1.165, 1.54) is 4.57 Å². The highest BCUT2D eigenvalue weighted by Crippen LogP contribution is 2.33. The fourth-order valence-electron chi connectivity index (χ4n) is 4.57. The van der Waals surface area contributed by atoms with Crippen LogP contribution in [-0.4, -0.2) is 32.7 Å². The van der Waals surface area contributed by atoms with E-state index in [2.05, 4.69) is 0 Å². The smallest absolute Gasteiger partial charge is 0.356 e. The molecule has 0 radical (unpaired) electrons. The Hall–Kier alpha value is -3.71. The molecule has 0 spiro atoms. The second-order valence-corrected chi connectivity index (χ2v) is 11.5. The molecule has 0 bridgehead atoms. The summed E-state index contributed by atoms with van der Waals surface area (Å²) in [4.78, 5) is 40.4. The Kier molecular flexibility index (Phi) is 8.12. The highest BCUT2D eigenvalue weighted by atomic mass is 35.5. The van der Waals surface area contributed by atoms with Crippen molar-refractivity contribution in [1.29, 1.82) is 0 Å². The van der Waals surface area contributed by atoms with Gasteiger partial charge < -0.3 is 4.74 Å². The number of hydrogen-bond acceptors (Lipinski definition) is 5. The van der Waals surface area contributed by atoms with Crippen LogP contribution in [0.1, 0.15) is 74.6 Å². The van der Waals surface area contributed by atoms with Crippen LogP contribution >= 0.6 is 11.6 Å². The second kappa shape index (κ2) is 11.2. The number of Topliss-reactive ketones (excluding diaryl/α,β-unsaturated/α-hetero) is 1. The van der Waals surface area contributed by atoms with Gasteiger partial charge in [0.25, 0.3) is 5.56 Å². The summed E-state index contributed by atoms with van der Waals surface area (Å²) >= 11 is 6.35. The maximum atomic E-state index is 13.9. The first-order valence-electron chi connectivity index (χ1n) is 13.1. The zero-order chi connectivity index (χ0) is 28.5. The van der Waals surface area contributed by atoms with Crippen molar-refractivity contribution in [2.45, 2.75) is 60.0 Å². The molecule has 39 heavy (non-hydrogen) atoms. The molecule has 0 fully saturated rings. The lowest BCUT2D eigenvalue weighted by atomic mass is 9.94. The van der Waals surface area contributed by atoms with Crippen LogP contribution in [-0.2, 0) is 16.8 Å². The molecule has 4 aromatic rings. The molecule has 0 unspecified atom stereocenters. The molecular formula is C31H34ClN3O4. The highest BCUT2D eigenvalue weighted by molar-refractivity contribution is 6.31.